The summed E-state index contributed by atoms with van der Waals surface area (Å²) in [7, 11) is 1.92. The Balaban J connectivity index is 3.08. The van der Waals surface area contributed by atoms with Crippen LogP contribution >= 0.6 is 0 Å². The Labute approximate surface area is 86.2 Å². The minimum Gasteiger partial charge on any atom is -0.393 e. The summed E-state index contributed by atoms with van der Waals surface area (Å²) in [5, 5.41) is 3.08. The lowest BCUT2D eigenvalue weighted by Gasteiger charge is -2.07. The van der Waals surface area contributed by atoms with Crippen molar-refractivity contribution >= 4 is 5.57 Å². The molecule has 0 saturated carbocycles. The number of nitrogens with one attached hydrogen (secondary N) is 1. The first kappa shape index (κ1) is 10.6. The van der Waals surface area contributed by atoms with E-state index < -0.39 is 0 Å². The first-order valence-corrected chi connectivity index (χ1v) is 4.85. The van der Waals surface area contributed by atoms with Crippen molar-refractivity contribution in [3.05, 3.63) is 53.7 Å². The highest BCUT2D eigenvalue weighted by Gasteiger charge is 2.01. The van der Waals surface area contributed by atoms with Gasteiger partial charge in [-0.25, -0.2) is 0 Å². The molecule has 1 N–H and O–H groups in total. The maximum Gasteiger partial charge on any atom is 0.00438 e. The maximum absolute atomic E-state index is 3.08. The van der Waals surface area contributed by atoms with Crippen LogP contribution in [0.2, 0.25) is 0 Å². The van der Waals surface area contributed by atoms with Crippen LogP contribution in [0.3, 0.4) is 0 Å². The fourth-order valence-corrected chi connectivity index (χ4v) is 1.34. The van der Waals surface area contributed by atoms with Crippen molar-refractivity contribution in [3.8, 4) is 0 Å². The summed E-state index contributed by atoms with van der Waals surface area (Å²) in [6.45, 7) is 4.18. The summed E-state index contributed by atoms with van der Waals surface area (Å²) >= 11 is 0. The van der Waals surface area contributed by atoms with Gasteiger partial charge in [-0.2, -0.15) is 0 Å². The number of hydrogen-bond donors (Lipinski definition) is 1. The Morgan fingerprint density at radius 2 is 1.86 bits per heavy atom. The van der Waals surface area contributed by atoms with E-state index in [0.29, 0.717) is 0 Å². The van der Waals surface area contributed by atoms with Crippen molar-refractivity contribution in [1.29, 1.82) is 0 Å². The zero-order valence-electron chi connectivity index (χ0n) is 9.04. The van der Waals surface area contributed by atoms with Crippen LogP contribution in [-0.2, 0) is 0 Å². The van der Waals surface area contributed by atoms with Gasteiger partial charge in [-0.05, 0) is 30.6 Å². The molecule has 0 spiro atoms. The van der Waals surface area contributed by atoms with Gasteiger partial charge in [0, 0.05) is 13.2 Å². The lowest BCUT2D eigenvalue weighted by molar-refractivity contribution is 1.10. The van der Waals surface area contributed by atoms with E-state index in [-0.39, 0.29) is 0 Å². The van der Waals surface area contributed by atoms with E-state index >= 15 is 0 Å². The average Bonchev–Trinajstić information content (AvgIpc) is 2.26. The molecule has 1 nitrogen and oxygen atoms in total. The summed E-state index contributed by atoms with van der Waals surface area (Å²) < 4.78 is 0. The normalized spacial score (nSPS) is 12.8. The zero-order valence-corrected chi connectivity index (χ0v) is 9.04. The predicted molar refractivity (Wildman–Crippen MR) is 62.9 cm³/mol. The second-order valence-electron chi connectivity index (χ2n) is 3.18. The maximum atomic E-state index is 3.08. The summed E-state index contributed by atoms with van der Waals surface area (Å²) in [5.74, 6) is 0. The average molecular weight is 187 g/mol. The van der Waals surface area contributed by atoms with Crippen LogP contribution in [0.5, 0.6) is 0 Å². The van der Waals surface area contributed by atoms with Crippen LogP contribution in [0, 0.1) is 0 Å². The van der Waals surface area contributed by atoms with Crippen LogP contribution < -0.4 is 5.32 Å². The van der Waals surface area contributed by atoms with Crippen LogP contribution in [0.15, 0.2) is 48.2 Å². The van der Waals surface area contributed by atoms with Gasteiger partial charge in [0.2, 0.25) is 0 Å². The number of allylic oxidation sites excluding steroid dienone is 3. The van der Waals surface area contributed by atoms with E-state index in [9.17, 15) is 0 Å². The molecule has 0 bridgehead atoms. The molecular weight excluding hydrogens is 170 g/mol. The van der Waals surface area contributed by atoms with Crippen LogP contribution in [0.4, 0.5) is 0 Å². The number of benzene rings is 1. The third-order valence-corrected chi connectivity index (χ3v) is 2.23. The van der Waals surface area contributed by atoms with Crippen molar-refractivity contribution in [2.75, 3.05) is 7.05 Å². The molecule has 0 unspecified atom stereocenters. The van der Waals surface area contributed by atoms with E-state index in [0.717, 1.165) is 0 Å². The Morgan fingerprint density at radius 3 is 2.36 bits per heavy atom. The third kappa shape index (κ3) is 2.49. The van der Waals surface area contributed by atoms with Gasteiger partial charge in [-0.1, -0.05) is 36.4 Å². The van der Waals surface area contributed by atoms with Gasteiger partial charge >= 0.3 is 0 Å². The quantitative estimate of drug-likeness (QED) is 0.716. The fourth-order valence-electron chi connectivity index (χ4n) is 1.34. The highest BCUT2D eigenvalue weighted by molar-refractivity contribution is 5.77. The van der Waals surface area contributed by atoms with Crippen molar-refractivity contribution in [2.24, 2.45) is 0 Å². The summed E-state index contributed by atoms with van der Waals surface area (Å²) in [6, 6.07) is 10.4. The van der Waals surface area contributed by atoms with Gasteiger partial charge < -0.3 is 5.32 Å². The standard InChI is InChI=1S/C13H17N/c1-4-11(2)13(10-14-3)12-8-6-5-7-9-12/h4-10,14H,1-3H3/b11-4-,13-10+. The van der Waals surface area contributed by atoms with E-state index in [2.05, 4.69) is 49.5 Å². The zero-order chi connectivity index (χ0) is 10.4. The fraction of sp³-hybridized carbons (Fsp3) is 0.231. The number of rotatable bonds is 3. The summed E-state index contributed by atoms with van der Waals surface area (Å²) in [6.07, 6.45) is 4.15. The molecular formula is C13H17N. The molecule has 14 heavy (non-hydrogen) atoms. The lowest BCUT2D eigenvalue weighted by Crippen LogP contribution is -1.97. The van der Waals surface area contributed by atoms with Crippen molar-refractivity contribution in [1.82, 2.24) is 5.32 Å². The summed E-state index contributed by atoms with van der Waals surface area (Å²) in [4.78, 5) is 0. The van der Waals surface area contributed by atoms with Crippen LogP contribution in [0.25, 0.3) is 5.57 Å². The largest absolute Gasteiger partial charge is 0.393 e. The molecule has 0 fully saturated rings. The molecule has 0 atom stereocenters. The molecule has 0 aliphatic carbocycles. The van der Waals surface area contributed by atoms with E-state index in [1.807, 2.05) is 19.3 Å². The minimum absolute atomic E-state index is 1.25. The highest BCUT2D eigenvalue weighted by atomic mass is 14.8. The van der Waals surface area contributed by atoms with Gasteiger partial charge in [0.25, 0.3) is 0 Å². The first-order chi connectivity index (χ1) is 6.79. The Morgan fingerprint density at radius 1 is 1.21 bits per heavy atom. The molecule has 0 radical (unpaired) electrons. The van der Waals surface area contributed by atoms with Crippen molar-refractivity contribution in [3.63, 3.8) is 0 Å². The Kier molecular flexibility index (Phi) is 3.99. The van der Waals surface area contributed by atoms with Gasteiger partial charge in [0.1, 0.15) is 0 Å². The molecule has 1 aromatic rings. The molecule has 0 aliphatic rings. The van der Waals surface area contributed by atoms with Crippen molar-refractivity contribution in [2.45, 2.75) is 13.8 Å². The molecule has 74 valence electrons. The second-order valence-corrected chi connectivity index (χ2v) is 3.18. The molecule has 1 heteroatoms. The Hall–Kier alpha value is -1.50. The molecule has 0 heterocycles. The van der Waals surface area contributed by atoms with Crippen LogP contribution in [0.1, 0.15) is 19.4 Å². The van der Waals surface area contributed by atoms with E-state index in [4.69, 9.17) is 0 Å². The van der Waals surface area contributed by atoms with Crippen LogP contribution in [-0.4, -0.2) is 7.05 Å². The lowest BCUT2D eigenvalue weighted by atomic mass is 10.00. The highest BCUT2D eigenvalue weighted by Crippen LogP contribution is 2.21. The monoisotopic (exact) mass is 187 g/mol. The van der Waals surface area contributed by atoms with Gasteiger partial charge in [0.05, 0.1) is 0 Å². The SMILES string of the molecule is C/C=C(C)\C(=C/NC)c1ccccc1. The molecule has 0 aromatic heterocycles. The topological polar surface area (TPSA) is 12.0 Å². The second kappa shape index (κ2) is 5.28. The van der Waals surface area contributed by atoms with E-state index in [1.54, 1.807) is 0 Å². The minimum atomic E-state index is 1.25. The predicted octanol–water partition coefficient (Wildman–Crippen LogP) is 3.21. The van der Waals surface area contributed by atoms with Crippen molar-refractivity contribution < 1.29 is 0 Å². The molecule has 0 saturated heterocycles. The Bertz CT molecular complexity index is 334. The molecule has 1 aromatic carbocycles. The molecule has 0 aliphatic heterocycles. The summed E-state index contributed by atoms with van der Waals surface area (Å²) in [5.41, 5.74) is 3.78. The first-order valence-electron chi connectivity index (χ1n) is 4.85. The van der Waals surface area contributed by atoms with Gasteiger partial charge in [-0.3, -0.25) is 0 Å². The van der Waals surface area contributed by atoms with Gasteiger partial charge in [0.15, 0.2) is 0 Å². The smallest absolute Gasteiger partial charge is 0.00438 e. The van der Waals surface area contributed by atoms with E-state index in [1.165, 1.54) is 16.7 Å². The van der Waals surface area contributed by atoms with Gasteiger partial charge in [-0.15, -0.1) is 0 Å². The molecule has 1 rings (SSSR count). The molecule has 0 amide bonds. The third-order valence-electron chi connectivity index (χ3n) is 2.23. The number of hydrogen-bond acceptors (Lipinski definition) is 1.